The van der Waals surface area contributed by atoms with Crippen LogP contribution < -0.4 is 10.9 Å². The van der Waals surface area contributed by atoms with Gasteiger partial charge >= 0.3 is 0 Å². The van der Waals surface area contributed by atoms with Crippen molar-refractivity contribution >= 4 is 26.8 Å². The fraction of sp³-hybridized carbons (Fsp3) is 0.385. The average Bonchev–Trinajstić information content (AvgIpc) is 2.44. The Kier molecular flexibility index (Phi) is 3.63. The number of benzene rings is 1. The highest BCUT2D eigenvalue weighted by molar-refractivity contribution is 9.10. The van der Waals surface area contributed by atoms with Crippen LogP contribution in [0.3, 0.4) is 0 Å². The molecule has 1 fully saturated rings. The van der Waals surface area contributed by atoms with Crippen LogP contribution in [0.1, 0.15) is 0 Å². The number of halogens is 1. The van der Waals surface area contributed by atoms with Gasteiger partial charge in [-0.1, -0.05) is 15.9 Å². The molecule has 1 atom stereocenters. The Labute approximate surface area is 118 Å². The van der Waals surface area contributed by atoms with Crippen molar-refractivity contribution in [2.24, 2.45) is 0 Å². The van der Waals surface area contributed by atoms with Crippen LogP contribution in [0, 0.1) is 0 Å². The van der Waals surface area contributed by atoms with Crippen LogP contribution in [0.4, 0.5) is 0 Å². The summed E-state index contributed by atoms with van der Waals surface area (Å²) in [6.45, 7) is 2.85. The van der Waals surface area contributed by atoms with E-state index in [1.165, 1.54) is 0 Å². The third-order valence-electron chi connectivity index (χ3n) is 3.19. The van der Waals surface area contributed by atoms with Gasteiger partial charge in [0.05, 0.1) is 36.5 Å². The van der Waals surface area contributed by atoms with Crippen LogP contribution in [0.5, 0.6) is 0 Å². The van der Waals surface area contributed by atoms with E-state index < -0.39 is 0 Å². The molecule has 0 radical (unpaired) electrons. The molecule has 0 saturated carbocycles. The zero-order valence-corrected chi connectivity index (χ0v) is 11.9. The van der Waals surface area contributed by atoms with Gasteiger partial charge in [0.1, 0.15) is 0 Å². The highest BCUT2D eigenvalue weighted by Crippen LogP contribution is 2.15. The van der Waals surface area contributed by atoms with E-state index in [1.807, 2.05) is 12.1 Å². The van der Waals surface area contributed by atoms with Crippen LogP contribution >= 0.6 is 15.9 Å². The van der Waals surface area contributed by atoms with Crippen molar-refractivity contribution in [1.29, 1.82) is 0 Å². The quantitative estimate of drug-likeness (QED) is 0.900. The molecule has 19 heavy (non-hydrogen) atoms. The summed E-state index contributed by atoms with van der Waals surface area (Å²) in [5.41, 5.74) is 0.688. The van der Waals surface area contributed by atoms with Crippen LogP contribution in [0.15, 0.2) is 33.8 Å². The van der Waals surface area contributed by atoms with Crippen LogP contribution in [0.25, 0.3) is 10.9 Å². The van der Waals surface area contributed by atoms with E-state index >= 15 is 0 Å². The highest BCUT2D eigenvalue weighted by Gasteiger charge is 2.15. The highest BCUT2D eigenvalue weighted by atomic mass is 79.9. The smallest absolute Gasteiger partial charge is 0.261 e. The summed E-state index contributed by atoms with van der Waals surface area (Å²) in [6, 6.07) is 5.53. The molecular formula is C13H14BrN3O2. The number of fused-ring (bicyclic) bond motifs is 1. The summed E-state index contributed by atoms with van der Waals surface area (Å²) in [4.78, 5) is 16.7. The summed E-state index contributed by atoms with van der Waals surface area (Å²) in [5.74, 6) is 0. The molecule has 1 N–H and O–H groups in total. The minimum Gasteiger partial charge on any atom is -0.374 e. The molecule has 2 heterocycles. The molecule has 1 aliphatic heterocycles. The SMILES string of the molecule is O=c1c2cc(Br)ccc2ncn1CC1CNCCO1. The number of ether oxygens (including phenoxy) is 1. The van der Waals surface area contributed by atoms with Crippen molar-refractivity contribution in [3.8, 4) is 0 Å². The normalized spacial score (nSPS) is 19.7. The lowest BCUT2D eigenvalue weighted by atomic mass is 10.2. The number of morpholine rings is 1. The van der Waals surface area contributed by atoms with Crippen molar-refractivity contribution in [1.82, 2.24) is 14.9 Å². The minimum absolute atomic E-state index is 0.0258. The number of aromatic nitrogens is 2. The van der Waals surface area contributed by atoms with Gasteiger partial charge in [-0.05, 0) is 18.2 Å². The van der Waals surface area contributed by atoms with E-state index in [-0.39, 0.29) is 11.7 Å². The standard InChI is InChI=1S/C13H14BrN3O2/c14-9-1-2-12-11(5-9)13(18)17(8-16-12)7-10-6-15-3-4-19-10/h1-2,5,8,10,15H,3-4,6-7H2. The zero-order valence-electron chi connectivity index (χ0n) is 10.3. The molecule has 1 aliphatic rings. The van der Waals surface area contributed by atoms with Crippen LogP contribution in [-0.4, -0.2) is 35.4 Å². The van der Waals surface area contributed by atoms with E-state index in [0.29, 0.717) is 24.1 Å². The lowest BCUT2D eigenvalue weighted by Gasteiger charge is -2.24. The van der Waals surface area contributed by atoms with Gasteiger partial charge in [0.25, 0.3) is 5.56 Å². The van der Waals surface area contributed by atoms with E-state index in [4.69, 9.17) is 4.74 Å². The second kappa shape index (κ2) is 5.40. The maximum absolute atomic E-state index is 12.4. The molecule has 5 nitrogen and oxygen atoms in total. The van der Waals surface area contributed by atoms with Gasteiger partial charge in [0.2, 0.25) is 0 Å². The molecule has 1 saturated heterocycles. The van der Waals surface area contributed by atoms with E-state index in [2.05, 4.69) is 26.2 Å². The van der Waals surface area contributed by atoms with Gasteiger partial charge in [-0.25, -0.2) is 4.98 Å². The second-order valence-corrected chi connectivity index (χ2v) is 5.48. The summed E-state index contributed by atoms with van der Waals surface area (Å²) < 4.78 is 8.11. The van der Waals surface area contributed by atoms with Gasteiger partial charge in [-0.15, -0.1) is 0 Å². The van der Waals surface area contributed by atoms with Gasteiger partial charge in [0, 0.05) is 17.6 Å². The summed E-state index contributed by atoms with van der Waals surface area (Å²) in [7, 11) is 0. The first-order chi connectivity index (χ1) is 9.24. The zero-order chi connectivity index (χ0) is 13.2. The largest absolute Gasteiger partial charge is 0.374 e. The molecule has 1 aromatic carbocycles. The molecule has 2 aromatic rings. The van der Waals surface area contributed by atoms with Crippen molar-refractivity contribution in [2.45, 2.75) is 12.6 Å². The van der Waals surface area contributed by atoms with Crippen molar-refractivity contribution in [3.05, 3.63) is 39.4 Å². The van der Waals surface area contributed by atoms with E-state index in [0.717, 1.165) is 17.6 Å². The van der Waals surface area contributed by atoms with Crippen LogP contribution in [0.2, 0.25) is 0 Å². The third kappa shape index (κ3) is 2.70. The van der Waals surface area contributed by atoms with Crippen LogP contribution in [-0.2, 0) is 11.3 Å². The monoisotopic (exact) mass is 323 g/mol. The summed E-state index contributed by atoms with van der Waals surface area (Å²) in [5, 5.41) is 3.88. The predicted molar refractivity (Wildman–Crippen MR) is 76.3 cm³/mol. The van der Waals surface area contributed by atoms with Gasteiger partial charge in [-0.2, -0.15) is 0 Å². The molecule has 100 valence electrons. The maximum atomic E-state index is 12.4. The number of rotatable bonds is 2. The molecular weight excluding hydrogens is 310 g/mol. The lowest BCUT2D eigenvalue weighted by Crippen LogP contribution is -2.42. The molecule has 0 spiro atoms. The Hall–Kier alpha value is -1.24. The van der Waals surface area contributed by atoms with E-state index in [9.17, 15) is 4.79 Å². The Morgan fingerprint density at radius 3 is 3.21 bits per heavy atom. The Morgan fingerprint density at radius 1 is 1.53 bits per heavy atom. The number of nitrogens with one attached hydrogen (secondary N) is 1. The molecule has 1 aromatic heterocycles. The minimum atomic E-state index is -0.0273. The topological polar surface area (TPSA) is 56.2 Å². The maximum Gasteiger partial charge on any atom is 0.261 e. The summed E-state index contributed by atoms with van der Waals surface area (Å²) in [6.07, 6.45) is 1.62. The molecule has 0 bridgehead atoms. The molecule has 3 rings (SSSR count). The number of hydrogen-bond acceptors (Lipinski definition) is 4. The molecule has 0 aliphatic carbocycles. The lowest BCUT2D eigenvalue weighted by molar-refractivity contribution is 0.0175. The summed E-state index contributed by atoms with van der Waals surface area (Å²) >= 11 is 3.38. The average molecular weight is 324 g/mol. The Bertz CT molecular complexity index is 650. The van der Waals surface area contributed by atoms with E-state index in [1.54, 1.807) is 17.0 Å². The fourth-order valence-electron chi connectivity index (χ4n) is 2.22. The first kappa shape index (κ1) is 12.8. The van der Waals surface area contributed by atoms with Gasteiger partial charge < -0.3 is 10.1 Å². The van der Waals surface area contributed by atoms with Crippen molar-refractivity contribution < 1.29 is 4.74 Å². The first-order valence-corrected chi connectivity index (χ1v) is 7.00. The first-order valence-electron chi connectivity index (χ1n) is 6.21. The molecule has 1 unspecified atom stereocenters. The number of hydrogen-bond donors (Lipinski definition) is 1. The molecule has 0 amide bonds. The fourth-order valence-corrected chi connectivity index (χ4v) is 2.58. The van der Waals surface area contributed by atoms with Gasteiger partial charge in [-0.3, -0.25) is 9.36 Å². The van der Waals surface area contributed by atoms with Gasteiger partial charge in [0.15, 0.2) is 0 Å². The second-order valence-electron chi connectivity index (χ2n) is 4.56. The predicted octanol–water partition coefficient (Wildman–Crippen LogP) is 1.15. The Balaban J connectivity index is 1.95. The number of nitrogens with zero attached hydrogens (tertiary/aromatic N) is 2. The van der Waals surface area contributed by atoms with Crippen molar-refractivity contribution in [3.63, 3.8) is 0 Å². The third-order valence-corrected chi connectivity index (χ3v) is 3.68. The Morgan fingerprint density at radius 2 is 2.42 bits per heavy atom. The van der Waals surface area contributed by atoms with Crippen molar-refractivity contribution in [2.75, 3.05) is 19.7 Å². The molecule has 6 heteroatoms.